The minimum atomic E-state index is -0.518. The van der Waals surface area contributed by atoms with Gasteiger partial charge in [0.1, 0.15) is 11.5 Å². The van der Waals surface area contributed by atoms with Crippen LogP contribution in [0.2, 0.25) is 0 Å². The van der Waals surface area contributed by atoms with Gasteiger partial charge in [-0.15, -0.1) is 0 Å². The molecule has 1 heterocycles. The number of nitro groups is 1. The van der Waals surface area contributed by atoms with Gasteiger partial charge in [0.15, 0.2) is 5.76 Å². The first kappa shape index (κ1) is 20.0. The summed E-state index contributed by atoms with van der Waals surface area (Å²) in [5.74, 6) is -0.285. The molecule has 154 valence electrons. The Morgan fingerprint density at radius 2 is 1.81 bits per heavy atom. The summed E-state index contributed by atoms with van der Waals surface area (Å²) in [5, 5.41) is 11.0. The molecule has 0 N–H and O–H groups in total. The zero-order valence-electron chi connectivity index (χ0n) is 16.7. The fraction of sp³-hybridized carbons (Fsp3) is 0.0833. The molecule has 0 spiro atoms. The van der Waals surface area contributed by atoms with Crippen LogP contribution in [0.4, 0.5) is 5.69 Å². The van der Waals surface area contributed by atoms with Crippen molar-refractivity contribution in [3.8, 4) is 11.5 Å². The van der Waals surface area contributed by atoms with Gasteiger partial charge in [0.25, 0.3) is 5.69 Å². The summed E-state index contributed by atoms with van der Waals surface area (Å²) >= 11 is 0. The number of ketones is 1. The zero-order valence-corrected chi connectivity index (χ0v) is 16.7. The molecule has 0 amide bonds. The number of carbonyl (C=O) groups excluding carboxylic acids is 2. The molecule has 0 fully saturated rings. The van der Waals surface area contributed by atoms with E-state index >= 15 is 0 Å². The Labute approximate surface area is 177 Å². The van der Waals surface area contributed by atoms with Gasteiger partial charge in [-0.3, -0.25) is 14.9 Å². The Morgan fingerprint density at radius 3 is 2.52 bits per heavy atom. The molecule has 0 atom stereocenters. The fourth-order valence-electron chi connectivity index (χ4n) is 3.27. The van der Waals surface area contributed by atoms with E-state index in [4.69, 9.17) is 9.47 Å². The summed E-state index contributed by atoms with van der Waals surface area (Å²) in [6.07, 6.45) is 1.45. The van der Waals surface area contributed by atoms with Crippen molar-refractivity contribution in [1.82, 2.24) is 0 Å². The molecule has 0 saturated heterocycles. The van der Waals surface area contributed by atoms with E-state index in [1.165, 1.54) is 30.3 Å². The van der Waals surface area contributed by atoms with Crippen LogP contribution in [0.3, 0.4) is 0 Å². The number of esters is 1. The van der Waals surface area contributed by atoms with Gasteiger partial charge in [-0.1, -0.05) is 29.8 Å². The number of carbonyl (C=O) groups is 2. The Hall–Kier alpha value is -4.26. The lowest BCUT2D eigenvalue weighted by Crippen LogP contribution is -2.08. The second-order valence-electron chi connectivity index (χ2n) is 7.16. The monoisotopic (exact) mass is 415 g/mol. The molecule has 7 heteroatoms. The fourth-order valence-corrected chi connectivity index (χ4v) is 3.27. The van der Waals surface area contributed by atoms with Crippen LogP contribution >= 0.6 is 0 Å². The van der Waals surface area contributed by atoms with Crippen LogP contribution in [0.25, 0.3) is 6.08 Å². The molecule has 3 aromatic rings. The first-order chi connectivity index (χ1) is 14.8. The summed E-state index contributed by atoms with van der Waals surface area (Å²) in [5.41, 5.74) is 2.78. The van der Waals surface area contributed by atoms with Crippen molar-refractivity contribution in [2.24, 2.45) is 0 Å². The average molecular weight is 415 g/mol. The number of Topliss-reactive ketones (excluding diaryl/α,β-unsaturated/α-hetero) is 1. The van der Waals surface area contributed by atoms with E-state index in [2.05, 4.69) is 0 Å². The lowest BCUT2D eigenvalue weighted by Gasteiger charge is -2.08. The molecular weight excluding hydrogens is 398 g/mol. The van der Waals surface area contributed by atoms with E-state index in [1.807, 2.05) is 19.1 Å². The van der Waals surface area contributed by atoms with Gasteiger partial charge in [0.2, 0.25) is 5.78 Å². The number of allylic oxidation sites excluding steroid dienone is 1. The van der Waals surface area contributed by atoms with Crippen LogP contribution in [0.1, 0.15) is 37.4 Å². The largest absolute Gasteiger partial charge is 0.452 e. The smallest absolute Gasteiger partial charge is 0.343 e. The highest BCUT2D eigenvalue weighted by Gasteiger charge is 2.30. The van der Waals surface area contributed by atoms with E-state index in [9.17, 15) is 19.7 Å². The summed E-state index contributed by atoms with van der Waals surface area (Å²) in [7, 11) is 0. The lowest BCUT2D eigenvalue weighted by molar-refractivity contribution is -0.384. The minimum Gasteiger partial charge on any atom is -0.452 e. The van der Waals surface area contributed by atoms with Gasteiger partial charge >= 0.3 is 5.97 Å². The number of ether oxygens (including phenoxy) is 2. The molecule has 1 aliphatic rings. The molecule has 0 unspecified atom stereocenters. The molecule has 0 aromatic heterocycles. The van der Waals surface area contributed by atoms with Gasteiger partial charge in [-0.2, -0.15) is 0 Å². The van der Waals surface area contributed by atoms with Gasteiger partial charge in [-0.05, 0) is 49.2 Å². The maximum absolute atomic E-state index is 12.8. The van der Waals surface area contributed by atoms with Crippen molar-refractivity contribution in [1.29, 1.82) is 0 Å². The Morgan fingerprint density at radius 1 is 1.06 bits per heavy atom. The summed E-state index contributed by atoms with van der Waals surface area (Å²) in [4.78, 5) is 35.7. The molecule has 0 radical (unpaired) electrons. The highest BCUT2D eigenvalue weighted by atomic mass is 16.6. The van der Waals surface area contributed by atoms with Crippen LogP contribution in [0.15, 0.2) is 66.4 Å². The topological polar surface area (TPSA) is 95.7 Å². The number of nitrogens with zero attached hydrogens (tertiary/aromatic N) is 1. The minimum absolute atomic E-state index is 0.0422. The van der Waals surface area contributed by atoms with Gasteiger partial charge < -0.3 is 9.47 Å². The van der Waals surface area contributed by atoms with E-state index in [1.54, 1.807) is 31.2 Å². The van der Waals surface area contributed by atoms with Crippen molar-refractivity contribution in [3.63, 3.8) is 0 Å². The number of benzene rings is 3. The molecule has 0 aliphatic carbocycles. The number of nitro benzene ring substituents is 1. The quantitative estimate of drug-likeness (QED) is 0.195. The number of non-ortho nitro benzene ring substituents is 1. The number of hydrogen-bond acceptors (Lipinski definition) is 6. The molecule has 7 nitrogen and oxygen atoms in total. The normalized spacial score (nSPS) is 13.6. The Balaban J connectivity index is 1.60. The highest BCUT2D eigenvalue weighted by molar-refractivity contribution is 6.15. The van der Waals surface area contributed by atoms with Gasteiger partial charge in [-0.25, -0.2) is 4.79 Å². The zero-order chi connectivity index (χ0) is 22.1. The van der Waals surface area contributed by atoms with Crippen LogP contribution < -0.4 is 9.47 Å². The summed E-state index contributed by atoms with van der Waals surface area (Å²) in [6, 6.07) is 16.0. The Kier molecular flexibility index (Phi) is 5.09. The highest BCUT2D eigenvalue weighted by Crippen LogP contribution is 2.37. The predicted molar refractivity (Wildman–Crippen MR) is 113 cm³/mol. The maximum Gasteiger partial charge on any atom is 0.343 e. The van der Waals surface area contributed by atoms with E-state index in [0.717, 1.165) is 5.56 Å². The van der Waals surface area contributed by atoms with Crippen molar-refractivity contribution in [3.05, 3.63) is 104 Å². The third-order valence-electron chi connectivity index (χ3n) is 4.82. The van der Waals surface area contributed by atoms with E-state index in [0.29, 0.717) is 22.3 Å². The average Bonchev–Trinajstić information content (AvgIpc) is 3.04. The van der Waals surface area contributed by atoms with Crippen LogP contribution in [0.5, 0.6) is 11.5 Å². The van der Waals surface area contributed by atoms with Crippen LogP contribution in [-0.4, -0.2) is 16.7 Å². The molecule has 4 rings (SSSR count). The van der Waals surface area contributed by atoms with Crippen LogP contribution in [-0.2, 0) is 0 Å². The van der Waals surface area contributed by atoms with E-state index in [-0.39, 0.29) is 28.7 Å². The number of rotatable bonds is 4. The third-order valence-corrected chi connectivity index (χ3v) is 4.82. The standard InChI is InChI=1S/C24H17NO6/c1-14-6-8-17(9-7-14)24(27)30-19-10-15(2)22-20(13-19)31-21(23(22)26)12-16-4-3-5-18(11-16)25(28)29/h3-13H,1-2H3/b21-12-. The number of aryl methyl sites for hydroxylation is 2. The van der Waals surface area contributed by atoms with Crippen LogP contribution in [0, 0.1) is 24.0 Å². The summed E-state index contributed by atoms with van der Waals surface area (Å²) < 4.78 is 11.2. The molecule has 1 aliphatic heterocycles. The summed E-state index contributed by atoms with van der Waals surface area (Å²) in [6.45, 7) is 3.64. The predicted octanol–water partition coefficient (Wildman–Crippen LogP) is 5.05. The second-order valence-corrected chi connectivity index (χ2v) is 7.16. The second kappa shape index (κ2) is 7.87. The van der Waals surface area contributed by atoms with Crippen molar-refractivity contribution < 1.29 is 24.0 Å². The lowest BCUT2D eigenvalue weighted by atomic mass is 10.0. The molecule has 31 heavy (non-hydrogen) atoms. The molecule has 0 bridgehead atoms. The SMILES string of the molecule is Cc1ccc(C(=O)Oc2cc(C)c3c(c2)O/C(=C\c2cccc([N+](=O)[O-])c2)C3=O)cc1. The number of hydrogen-bond donors (Lipinski definition) is 0. The van der Waals surface area contributed by atoms with Gasteiger partial charge in [0, 0.05) is 18.2 Å². The molecule has 3 aromatic carbocycles. The number of fused-ring (bicyclic) bond motifs is 1. The first-order valence-corrected chi connectivity index (χ1v) is 9.44. The first-order valence-electron chi connectivity index (χ1n) is 9.44. The van der Waals surface area contributed by atoms with Gasteiger partial charge in [0.05, 0.1) is 16.1 Å². The molecule has 0 saturated carbocycles. The van der Waals surface area contributed by atoms with Crippen molar-refractivity contribution in [2.75, 3.05) is 0 Å². The third kappa shape index (κ3) is 4.06. The molecular formula is C24H17NO6. The maximum atomic E-state index is 12.8. The van der Waals surface area contributed by atoms with E-state index < -0.39 is 10.9 Å². The van der Waals surface area contributed by atoms with Crippen molar-refractivity contribution in [2.45, 2.75) is 13.8 Å². The van der Waals surface area contributed by atoms with Crippen molar-refractivity contribution >= 4 is 23.5 Å². The Bertz CT molecular complexity index is 1260.